The van der Waals surface area contributed by atoms with Gasteiger partial charge in [-0.15, -0.1) is 90.5 Å². The number of nitrogens with zero attached hydrogens (tertiary/aromatic N) is 21. The van der Waals surface area contributed by atoms with Crippen LogP contribution in [0.25, 0.3) is 84.5 Å². The number of methoxy groups -OCH3 is 4. The summed E-state index contributed by atoms with van der Waals surface area (Å²) in [4.78, 5) is 0. The smallest absolute Gasteiger partial charge is 0.496 e. The Morgan fingerprint density at radius 2 is 0.656 bits per heavy atom. The summed E-state index contributed by atoms with van der Waals surface area (Å²) in [5, 5.41) is 66.2. The fourth-order valence-corrected chi connectivity index (χ4v) is 12.9. The summed E-state index contributed by atoms with van der Waals surface area (Å²) in [6.45, 7) is 2.79. The van der Waals surface area contributed by atoms with Crippen molar-refractivity contribution in [1.82, 2.24) is 99.1 Å². The van der Waals surface area contributed by atoms with E-state index >= 15 is 0 Å². The van der Waals surface area contributed by atoms with Crippen molar-refractivity contribution in [3.63, 3.8) is 0 Å². The van der Waals surface area contributed by atoms with Crippen molar-refractivity contribution >= 4 is 28.2 Å². The van der Waals surface area contributed by atoms with Crippen LogP contribution in [0.4, 0.5) is 87.8 Å². The Balaban J connectivity index is 0.000000129. The van der Waals surface area contributed by atoms with Gasteiger partial charge in [0.2, 0.25) is 23.3 Å². The molecule has 18 rings (SSSR count). The average molecular weight is 1810 g/mol. The molecule has 3 fully saturated rings. The fraction of sp³-hybridized carbons (Fsp3) is 0.300. The van der Waals surface area contributed by atoms with Crippen LogP contribution in [-0.4, -0.2) is 153 Å². The molecule has 0 N–H and O–H groups in total. The van der Waals surface area contributed by atoms with E-state index in [1.54, 1.807) is 43.5 Å². The highest BCUT2D eigenvalue weighted by atomic mass is 19.4. The zero-order valence-electron chi connectivity index (χ0n) is 66.9. The summed E-state index contributed by atoms with van der Waals surface area (Å²) >= 11 is 0. The van der Waals surface area contributed by atoms with E-state index in [0.29, 0.717) is 65.5 Å². The number of rotatable bonds is 19. The van der Waals surface area contributed by atoms with E-state index in [2.05, 4.69) is 96.8 Å². The molecule has 3 saturated carbocycles. The number of ether oxygens (including phenoxy) is 7. The number of nitriles is 1. The molecule has 3 aliphatic carbocycles. The summed E-state index contributed by atoms with van der Waals surface area (Å²) in [5.74, 6) is -20.0. The molecule has 5 aromatic carbocycles. The quantitative estimate of drug-likeness (QED) is 0.0679. The molecule has 10 aromatic heterocycles. The molecule has 10 heterocycles. The first-order valence-corrected chi connectivity index (χ1v) is 37.4. The van der Waals surface area contributed by atoms with E-state index in [4.69, 9.17) is 18.9 Å². The first-order valence-electron chi connectivity index (χ1n) is 37.4. The molecule has 0 bridgehead atoms. The number of alkyl halides is 19. The third kappa shape index (κ3) is 19.9. The van der Waals surface area contributed by atoms with E-state index in [1.807, 2.05) is 30.3 Å². The van der Waals surface area contributed by atoms with Crippen molar-refractivity contribution in [2.24, 2.45) is 0 Å². The number of benzene rings is 5. The minimum absolute atomic E-state index is 0.0118. The highest BCUT2D eigenvalue weighted by Crippen LogP contribution is 2.55. The van der Waals surface area contributed by atoms with Crippen LogP contribution in [-0.2, 0) is 29.1 Å². The lowest BCUT2D eigenvalue weighted by molar-refractivity contribution is -0.275. The van der Waals surface area contributed by atoms with E-state index in [0.717, 1.165) is 92.3 Å². The lowest BCUT2D eigenvalue weighted by atomic mass is 9.95. The second kappa shape index (κ2) is 33.8. The summed E-state index contributed by atoms with van der Waals surface area (Å²) < 4.78 is 298. The van der Waals surface area contributed by atoms with Crippen molar-refractivity contribution in [1.29, 1.82) is 5.26 Å². The Morgan fingerprint density at radius 3 is 0.969 bits per heavy atom. The Morgan fingerprint density at radius 1 is 0.359 bits per heavy atom. The van der Waals surface area contributed by atoms with Gasteiger partial charge in [0.25, 0.3) is 5.92 Å². The maximum atomic E-state index is 14.1. The SMILES string of the molecule is CC(F)(F)c1nnc2ccc(-c3ccc(OC(F)(F)F)cc3F)nn12.COc1cc(C2(C#N)CC2)ccc1-c1ccc2nnc(C(C)(F)F)n2n1.COc1cc(C2CC2)ccc1-c1ccc2nnc(C(C)(F)F)n2n1.COc1cc(OC(F)(F)F)ccc1-c1ccc2nnc(C(C)(F)F)n2n1.COc1cc(OC(F)(F)F)ccc1-c1ccc2nnc(C3CC3(F)F)n2n1. The van der Waals surface area contributed by atoms with Crippen molar-refractivity contribution in [2.45, 2.75) is 126 Å². The molecule has 15 aromatic rings. The van der Waals surface area contributed by atoms with Gasteiger partial charge in [0, 0.05) is 80.1 Å². The third-order valence-electron chi connectivity index (χ3n) is 19.4. The maximum Gasteiger partial charge on any atom is 0.573 e. The van der Waals surface area contributed by atoms with Crippen LogP contribution in [0, 0.1) is 17.1 Å². The van der Waals surface area contributed by atoms with Crippen LogP contribution in [0.15, 0.2) is 152 Å². The van der Waals surface area contributed by atoms with E-state index < -0.39 is 106 Å². The molecule has 28 nitrogen and oxygen atoms in total. The molecular weight excluding hydrogens is 1750 g/mol. The van der Waals surface area contributed by atoms with Crippen molar-refractivity contribution in [3.05, 3.63) is 198 Å². The molecule has 668 valence electrons. The summed E-state index contributed by atoms with van der Waals surface area (Å²) in [5.41, 5.74) is 5.82. The minimum atomic E-state index is -4.96. The Kier molecular flexibility index (Phi) is 23.7. The first-order chi connectivity index (χ1) is 60.1. The molecule has 0 saturated heterocycles. The lowest BCUT2D eigenvalue weighted by Gasteiger charge is -2.13. The topological polar surface area (TPSA) is 304 Å². The normalized spacial score (nSPS) is 14.9. The van der Waals surface area contributed by atoms with Gasteiger partial charge >= 0.3 is 42.8 Å². The van der Waals surface area contributed by atoms with Gasteiger partial charge in [0.1, 0.15) is 46.1 Å². The van der Waals surface area contributed by atoms with E-state index in [1.165, 1.54) is 86.7 Å². The number of hydrogen-bond acceptors (Lipinski definition) is 23. The van der Waals surface area contributed by atoms with Gasteiger partial charge < -0.3 is 33.2 Å². The number of halogens is 20. The molecular formula is C80H61F20N21O7. The zero-order valence-corrected chi connectivity index (χ0v) is 66.9. The average Bonchev–Trinajstić information content (AvgIpc) is 1.57. The second-order valence-electron chi connectivity index (χ2n) is 29.0. The molecule has 0 aliphatic heterocycles. The molecule has 128 heavy (non-hydrogen) atoms. The number of fused-ring (bicyclic) bond motifs is 5. The fourth-order valence-electron chi connectivity index (χ4n) is 12.9. The van der Waals surface area contributed by atoms with Gasteiger partial charge in [-0.05, 0) is 164 Å². The van der Waals surface area contributed by atoms with Crippen LogP contribution in [0.2, 0.25) is 0 Å². The van der Waals surface area contributed by atoms with Crippen molar-refractivity contribution in [2.75, 3.05) is 28.4 Å². The van der Waals surface area contributed by atoms with Crippen LogP contribution >= 0.6 is 0 Å². The summed E-state index contributed by atoms with van der Waals surface area (Å²) in [6.07, 6.45) is -10.9. The Hall–Kier alpha value is -14.5. The highest BCUT2D eigenvalue weighted by molar-refractivity contribution is 5.73. The summed E-state index contributed by atoms with van der Waals surface area (Å²) in [6, 6.07) is 38.2. The predicted octanol–water partition coefficient (Wildman–Crippen LogP) is 18.8. The number of hydrogen-bond donors (Lipinski definition) is 0. The minimum Gasteiger partial charge on any atom is -0.496 e. The van der Waals surface area contributed by atoms with Crippen molar-refractivity contribution < 1.29 is 121 Å². The third-order valence-corrected chi connectivity index (χ3v) is 19.4. The van der Waals surface area contributed by atoms with Gasteiger partial charge in [0.05, 0.1) is 74.3 Å². The van der Waals surface area contributed by atoms with Crippen LogP contribution in [0.5, 0.6) is 40.2 Å². The predicted molar refractivity (Wildman–Crippen MR) is 406 cm³/mol. The number of aromatic nitrogens is 20. The van der Waals surface area contributed by atoms with Crippen molar-refractivity contribution in [3.8, 4) is 103 Å². The largest absolute Gasteiger partial charge is 0.573 e. The van der Waals surface area contributed by atoms with Crippen LogP contribution in [0.3, 0.4) is 0 Å². The molecule has 0 radical (unpaired) electrons. The molecule has 0 amide bonds. The highest BCUT2D eigenvalue weighted by Gasteiger charge is 2.60. The first kappa shape index (κ1) is 89.8. The molecule has 1 atom stereocenters. The molecule has 3 aliphatic rings. The standard InChI is InChI=1S/C18H15F2N5O.C17H16F2N4O.C16H11F5N4O2.C15H11F5N4O2.C14H8F6N4O/c1-17(19,20)16-23-22-15-6-5-13(24-25(15)16)12-4-3-11(9-14(12)26-2)18(10-21)7-8-18;1-17(18,19)16-21-20-15-8-7-13(22-23(15)16)12-6-5-11(10-3-4-10)9-14(12)24-2;1-26-12-6-8(27-16(19,20)21)2-3-9(12)11-4-5-13-22-23-14(25(13)24-11)10-7-15(10,17)18;1-14(16,17)13-22-21-12-6-5-10(23-24(12)13)9-4-3-8(7-11(9)25-2)26-15(18,19)20;1-13(16,17)12-22-21-11-5-4-10(23-24(11)12)8-3-2-7(6-9(8)15)25-14(18,19)20/h3-6,9H,7-8H2,1-2H3;5-10H,3-4H2,1-2H3;2-6,10H,7H2,1H3;3-7H,1-2H3;2-6H,1H3. The zero-order chi connectivity index (χ0) is 92.3. The lowest BCUT2D eigenvalue weighted by Crippen LogP contribution is -2.17. The van der Waals surface area contributed by atoms with Crippen LogP contribution < -0.4 is 33.2 Å². The van der Waals surface area contributed by atoms with E-state index in [9.17, 15) is 93.1 Å². The molecule has 48 heteroatoms. The van der Waals surface area contributed by atoms with Gasteiger partial charge in [-0.2, -0.15) is 88.5 Å². The summed E-state index contributed by atoms with van der Waals surface area (Å²) in [7, 11) is 5.65. The molecule has 1 unspecified atom stereocenters. The van der Waals surface area contributed by atoms with Crippen LogP contribution in [0.1, 0.15) is 112 Å². The van der Waals surface area contributed by atoms with Gasteiger partial charge in [0.15, 0.2) is 34.1 Å². The maximum absolute atomic E-state index is 14.1. The molecule has 0 spiro atoms. The monoisotopic (exact) mass is 1810 g/mol. The second-order valence-corrected chi connectivity index (χ2v) is 29.0. The van der Waals surface area contributed by atoms with E-state index in [-0.39, 0.29) is 74.5 Å². The van der Waals surface area contributed by atoms with Gasteiger partial charge in [-0.1, -0.05) is 12.1 Å². The van der Waals surface area contributed by atoms with Gasteiger partial charge in [-0.3, -0.25) is 0 Å². The van der Waals surface area contributed by atoms with Gasteiger partial charge in [-0.25, -0.2) is 13.2 Å². The Bertz CT molecular complexity index is 6700. The Labute approximate surface area is 705 Å².